The van der Waals surface area contributed by atoms with E-state index >= 15 is 0 Å². The van der Waals surface area contributed by atoms with Crippen LogP contribution in [0, 0.1) is 0 Å². The van der Waals surface area contributed by atoms with E-state index in [0.717, 1.165) is 12.8 Å². The molecule has 0 N–H and O–H groups in total. The fourth-order valence-corrected chi connectivity index (χ4v) is 8.12. The van der Waals surface area contributed by atoms with Gasteiger partial charge >= 0.3 is 0 Å². The first-order valence-electron chi connectivity index (χ1n) is 7.56. The summed E-state index contributed by atoms with van der Waals surface area (Å²) >= 11 is 0. The van der Waals surface area contributed by atoms with Crippen LogP contribution in [0.4, 0.5) is 0 Å². The molecule has 0 saturated carbocycles. The second kappa shape index (κ2) is 8.29. The van der Waals surface area contributed by atoms with Gasteiger partial charge in [-0.05, 0) is 12.8 Å². The highest BCUT2D eigenvalue weighted by atomic mass is 32.3. The third-order valence-corrected chi connectivity index (χ3v) is 8.97. The molecule has 0 atom stereocenters. The number of carbonyl (C=O) groups is 2. The van der Waals surface area contributed by atoms with E-state index in [1.54, 1.807) is 0 Å². The van der Waals surface area contributed by atoms with E-state index in [4.69, 9.17) is 3.63 Å². The van der Waals surface area contributed by atoms with E-state index in [-0.39, 0.29) is 23.1 Å². The molecule has 0 aromatic rings. The summed E-state index contributed by atoms with van der Waals surface area (Å²) in [6.45, 7) is 3.84. The maximum Gasteiger partial charge on any atom is 0.276 e. The zero-order valence-electron chi connectivity index (χ0n) is 12.9. The Morgan fingerprint density at radius 3 is 2.33 bits per heavy atom. The molecule has 124 valence electrons. The summed E-state index contributed by atoms with van der Waals surface area (Å²) in [6.07, 6.45) is 3.19. The van der Waals surface area contributed by atoms with Crippen molar-refractivity contribution >= 4 is 32.0 Å². The Hall–Kier alpha value is -0.400. The summed E-state index contributed by atoms with van der Waals surface area (Å²) in [4.78, 5) is 23.4. The Bertz CT molecular complexity index is 460. The number of rotatable bonds is 9. The van der Waals surface area contributed by atoms with Crippen molar-refractivity contribution in [3.63, 3.8) is 0 Å². The molecule has 0 aromatic heterocycles. The first kappa shape index (κ1) is 18.6. The van der Waals surface area contributed by atoms with Crippen LogP contribution in [0.15, 0.2) is 0 Å². The van der Waals surface area contributed by atoms with Crippen LogP contribution in [0.25, 0.3) is 0 Å². The Balaban J connectivity index is 2.82. The molecule has 0 aliphatic carbocycles. The van der Waals surface area contributed by atoms with Crippen molar-refractivity contribution in [1.29, 1.82) is 0 Å². The fourth-order valence-electron chi connectivity index (χ4n) is 2.28. The van der Waals surface area contributed by atoms with Crippen LogP contribution >= 0.6 is 10.3 Å². The zero-order chi connectivity index (χ0) is 15.9. The maximum atomic E-state index is 12.1. The van der Waals surface area contributed by atoms with Gasteiger partial charge in [0, 0.05) is 30.8 Å². The monoisotopic (exact) mass is 338 g/mol. The Labute approximate surface area is 129 Å². The number of Topliss-reactive ketones (excluding diaryl/α,β-unsaturated/α-hetero) is 2. The molecule has 1 fully saturated rings. The second-order valence-electron chi connectivity index (χ2n) is 5.53. The molecule has 5 nitrogen and oxygen atoms in total. The summed E-state index contributed by atoms with van der Waals surface area (Å²) in [7, 11) is -5.60. The van der Waals surface area contributed by atoms with Gasteiger partial charge in [0.25, 0.3) is 10.1 Å². The van der Waals surface area contributed by atoms with Crippen molar-refractivity contribution in [1.82, 2.24) is 0 Å². The lowest BCUT2D eigenvalue weighted by atomic mass is 10.2. The number of unbranched alkanes of at least 4 members (excludes halogenated alkanes) is 1. The lowest BCUT2D eigenvalue weighted by molar-refractivity contribution is -0.119. The lowest BCUT2D eigenvalue weighted by Crippen LogP contribution is -2.30. The Morgan fingerprint density at radius 2 is 1.81 bits per heavy atom. The van der Waals surface area contributed by atoms with Crippen LogP contribution in [0.5, 0.6) is 0 Å². The van der Waals surface area contributed by atoms with Crippen molar-refractivity contribution in [2.24, 2.45) is 0 Å². The Morgan fingerprint density at radius 1 is 1.19 bits per heavy atom. The molecule has 1 aliphatic heterocycles. The van der Waals surface area contributed by atoms with Gasteiger partial charge in [-0.2, -0.15) is 8.42 Å². The predicted octanol–water partition coefficient (Wildman–Crippen LogP) is 2.58. The van der Waals surface area contributed by atoms with Gasteiger partial charge < -0.3 is 0 Å². The minimum absolute atomic E-state index is 0.00579. The zero-order valence-corrected chi connectivity index (χ0v) is 14.6. The first-order valence-corrected chi connectivity index (χ1v) is 11.2. The van der Waals surface area contributed by atoms with E-state index in [1.165, 1.54) is 0 Å². The highest BCUT2D eigenvalue weighted by Crippen LogP contribution is 2.54. The largest absolute Gasteiger partial charge is 0.300 e. The average Bonchev–Trinajstić information content (AvgIpc) is 2.40. The smallest absolute Gasteiger partial charge is 0.276 e. The van der Waals surface area contributed by atoms with Gasteiger partial charge in [-0.3, -0.25) is 9.59 Å². The third-order valence-electron chi connectivity index (χ3n) is 3.45. The van der Waals surface area contributed by atoms with Gasteiger partial charge in [-0.1, -0.05) is 20.3 Å². The van der Waals surface area contributed by atoms with Gasteiger partial charge in [-0.25, -0.2) is 3.63 Å². The summed E-state index contributed by atoms with van der Waals surface area (Å²) in [5.74, 6) is 1.18. The molecule has 0 aromatic carbocycles. The number of hydrogen-bond donors (Lipinski definition) is 0. The van der Waals surface area contributed by atoms with Crippen molar-refractivity contribution < 1.29 is 21.6 Å². The summed E-state index contributed by atoms with van der Waals surface area (Å²) in [5, 5.41) is 0. The number of carbonyl (C=O) groups excluding carboxylic acids is 2. The van der Waals surface area contributed by atoms with Crippen LogP contribution < -0.4 is 0 Å². The molecule has 0 unspecified atom stereocenters. The van der Waals surface area contributed by atoms with E-state index < -0.39 is 20.4 Å². The first-order chi connectivity index (χ1) is 9.82. The predicted molar refractivity (Wildman–Crippen MR) is 86.1 cm³/mol. The molecule has 7 heteroatoms. The molecule has 1 aliphatic rings. The fraction of sp³-hybridized carbons (Fsp3) is 0.857. The minimum Gasteiger partial charge on any atom is -0.300 e. The lowest BCUT2D eigenvalue weighted by Gasteiger charge is -2.40. The van der Waals surface area contributed by atoms with Crippen molar-refractivity contribution in [2.45, 2.75) is 52.4 Å². The molecular formula is C14H26O5S2. The second-order valence-corrected chi connectivity index (χ2v) is 10.6. The minimum atomic E-state index is -3.61. The van der Waals surface area contributed by atoms with Crippen LogP contribution in [-0.2, 0) is 23.3 Å². The van der Waals surface area contributed by atoms with Crippen LogP contribution in [0.1, 0.15) is 52.4 Å². The number of ketones is 2. The highest BCUT2D eigenvalue weighted by Gasteiger charge is 2.36. The summed E-state index contributed by atoms with van der Waals surface area (Å²) in [6, 6.07) is 0. The van der Waals surface area contributed by atoms with Gasteiger partial charge in [0.2, 0.25) is 0 Å². The third kappa shape index (κ3) is 6.48. The molecular weight excluding hydrogens is 312 g/mol. The molecule has 1 rings (SSSR count). The summed E-state index contributed by atoms with van der Waals surface area (Å²) < 4.78 is 29.7. The SMILES string of the molecule is CCCCS(=O)(=O)OS1(CC(=O)CCC)CCC(=O)CC1. The van der Waals surface area contributed by atoms with E-state index in [1.807, 2.05) is 13.8 Å². The molecule has 1 saturated heterocycles. The van der Waals surface area contributed by atoms with E-state index in [9.17, 15) is 18.0 Å². The van der Waals surface area contributed by atoms with Crippen LogP contribution in [0.3, 0.4) is 0 Å². The van der Waals surface area contributed by atoms with Gasteiger partial charge in [0.1, 0.15) is 11.6 Å². The quantitative estimate of drug-likeness (QED) is 0.646. The van der Waals surface area contributed by atoms with Gasteiger partial charge in [-0.15, -0.1) is 10.3 Å². The average molecular weight is 338 g/mol. The molecule has 1 heterocycles. The van der Waals surface area contributed by atoms with Crippen LogP contribution in [-0.4, -0.2) is 43.0 Å². The molecule has 0 spiro atoms. The Kier molecular flexibility index (Phi) is 7.36. The molecule has 0 radical (unpaired) electrons. The number of hydrogen-bond acceptors (Lipinski definition) is 5. The molecule has 0 amide bonds. The molecule has 0 bridgehead atoms. The molecule has 21 heavy (non-hydrogen) atoms. The van der Waals surface area contributed by atoms with Crippen molar-refractivity contribution in [3.05, 3.63) is 0 Å². The maximum absolute atomic E-state index is 12.1. The van der Waals surface area contributed by atoms with Gasteiger partial charge in [0.05, 0.1) is 11.5 Å². The van der Waals surface area contributed by atoms with Crippen molar-refractivity contribution in [2.75, 3.05) is 23.0 Å². The highest BCUT2D eigenvalue weighted by molar-refractivity contribution is 8.33. The normalized spacial score (nSPS) is 20.2. The standard InChI is InChI=1S/C14H26O5S2/c1-3-5-9-21(17,18)19-20(12-14(16)6-4-2)10-7-13(15)8-11-20/h3-12H2,1-2H3. The summed E-state index contributed by atoms with van der Waals surface area (Å²) in [5.41, 5.74) is 0. The van der Waals surface area contributed by atoms with Crippen molar-refractivity contribution in [3.8, 4) is 0 Å². The van der Waals surface area contributed by atoms with Gasteiger partial charge in [0.15, 0.2) is 0 Å². The van der Waals surface area contributed by atoms with E-state index in [2.05, 4.69) is 0 Å². The topological polar surface area (TPSA) is 77.5 Å². The van der Waals surface area contributed by atoms with E-state index in [0.29, 0.717) is 37.2 Å². The van der Waals surface area contributed by atoms with Crippen LogP contribution in [0.2, 0.25) is 0 Å².